The molecule has 0 saturated carbocycles. The minimum atomic E-state index is -0.226. The standard InChI is InChI=1S/C21H22N4O2/c1-14(15-8-4-3-5-9-15)25-12-17-18(13-25)23-24-20(17)22-21(26)16-10-6-7-11-19(16)27-2/h3-11,14H,12-13H2,1-2H3,(H2,22,23,24,26). The molecule has 27 heavy (non-hydrogen) atoms. The Balaban J connectivity index is 1.50. The first-order chi connectivity index (χ1) is 13.2. The van der Waals surface area contributed by atoms with Gasteiger partial charge in [-0.05, 0) is 24.6 Å². The van der Waals surface area contributed by atoms with Gasteiger partial charge in [-0.2, -0.15) is 5.10 Å². The summed E-state index contributed by atoms with van der Waals surface area (Å²) in [4.78, 5) is 15.0. The number of aromatic amines is 1. The highest BCUT2D eigenvalue weighted by Crippen LogP contribution is 2.33. The first-order valence-electron chi connectivity index (χ1n) is 8.97. The van der Waals surface area contributed by atoms with Crippen LogP contribution in [0, 0.1) is 0 Å². The minimum absolute atomic E-state index is 0.226. The summed E-state index contributed by atoms with van der Waals surface area (Å²) in [6, 6.07) is 17.9. The van der Waals surface area contributed by atoms with Crippen LogP contribution in [-0.2, 0) is 13.1 Å². The Morgan fingerprint density at radius 2 is 1.89 bits per heavy atom. The zero-order valence-electron chi connectivity index (χ0n) is 15.4. The zero-order chi connectivity index (χ0) is 18.8. The summed E-state index contributed by atoms with van der Waals surface area (Å²) in [6.07, 6.45) is 0. The molecular weight excluding hydrogens is 340 g/mol. The van der Waals surface area contributed by atoms with Gasteiger partial charge < -0.3 is 10.1 Å². The second-order valence-electron chi connectivity index (χ2n) is 6.68. The lowest BCUT2D eigenvalue weighted by Crippen LogP contribution is -2.22. The summed E-state index contributed by atoms with van der Waals surface area (Å²) in [7, 11) is 1.56. The van der Waals surface area contributed by atoms with Gasteiger partial charge in [0.1, 0.15) is 5.75 Å². The number of hydrogen-bond donors (Lipinski definition) is 2. The van der Waals surface area contributed by atoms with E-state index in [4.69, 9.17) is 4.74 Å². The van der Waals surface area contributed by atoms with Crippen LogP contribution in [0.3, 0.4) is 0 Å². The van der Waals surface area contributed by atoms with Crippen LogP contribution in [0.1, 0.15) is 40.1 Å². The van der Waals surface area contributed by atoms with Crippen LogP contribution >= 0.6 is 0 Å². The number of ether oxygens (including phenoxy) is 1. The van der Waals surface area contributed by atoms with Crippen molar-refractivity contribution in [1.82, 2.24) is 15.1 Å². The minimum Gasteiger partial charge on any atom is -0.496 e. The van der Waals surface area contributed by atoms with Gasteiger partial charge in [-0.3, -0.25) is 14.8 Å². The smallest absolute Gasteiger partial charge is 0.260 e. The third kappa shape index (κ3) is 3.31. The number of carbonyl (C=O) groups is 1. The summed E-state index contributed by atoms with van der Waals surface area (Å²) in [5.74, 6) is 0.904. The summed E-state index contributed by atoms with van der Waals surface area (Å²) in [5.41, 5.74) is 3.86. The molecule has 0 aliphatic carbocycles. The van der Waals surface area contributed by atoms with Gasteiger partial charge in [0.15, 0.2) is 5.82 Å². The van der Waals surface area contributed by atoms with Crippen molar-refractivity contribution >= 4 is 11.7 Å². The predicted octanol–water partition coefficient (Wildman–Crippen LogP) is 3.75. The van der Waals surface area contributed by atoms with Crippen molar-refractivity contribution in [2.45, 2.75) is 26.1 Å². The third-order valence-electron chi connectivity index (χ3n) is 5.09. The molecule has 1 aliphatic heterocycles. The van der Waals surface area contributed by atoms with E-state index in [1.54, 1.807) is 19.2 Å². The summed E-state index contributed by atoms with van der Waals surface area (Å²) in [5, 5.41) is 10.3. The molecule has 1 unspecified atom stereocenters. The Kier molecular flexibility index (Phi) is 4.64. The molecule has 0 fully saturated rings. The molecule has 1 aliphatic rings. The summed E-state index contributed by atoms with van der Waals surface area (Å²) in [6.45, 7) is 3.72. The largest absolute Gasteiger partial charge is 0.496 e. The van der Waals surface area contributed by atoms with Crippen LogP contribution in [0.2, 0.25) is 0 Å². The molecule has 6 nitrogen and oxygen atoms in total. The molecule has 1 atom stereocenters. The van der Waals surface area contributed by atoms with Crippen molar-refractivity contribution in [2.75, 3.05) is 12.4 Å². The van der Waals surface area contributed by atoms with Crippen LogP contribution in [0.25, 0.3) is 0 Å². The normalized spacial score (nSPS) is 14.6. The maximum Gasteiger partial charge on any atom is 0.260 e. The molecule has 1 amide bonds. The first-order valence-corrected chi connectivity index (χ1v) is 8.97. The molecule has 2 aromatic carbocycles. The average molecular weight is 362 g/mol. The van der Waals surface area contributed by atoms with E-state index in [1.807, 2.05) is 18.2 Å². The monoisotopic (exact) mass is 362 g/mol. The van der Waals surface area contributed by atoms with Crippen LogP contribution in [0.4, 0.5) is 5.82 Å². The number of nitrogens with one attached hydrogen (secondary N) is 2. The fourth-order valence-electron chi connectivity index (χ4n) is 3.49. The summed E-state index contributed by atoms with van der Waals surface area (Å²) >= 11 is 0. The van der Waals surface area contributed by atoms with Gasteiger partial charge in [0.05, 0.1) is 18.4 Å². The predicted molar refractivity (Wildman–Crippen MR) is 104 cm³/mol. The molecule has 0 bridgehead atoms. The van der Waals surface area contributed by atoms with Gasteiger partial charge in [-0.25, -0.2) is 0 Å². The number of para-hydroxylation sites is 1. The van der Waals surface area contributed by atoms with Gasteiger partial charge in [-0.15, -0.1) is 0 Å². The van der Waals surface area contributed by atoms with Gasteiger partial charge >= 0.3 is 0 Å². The van der Waals surface area contributed by atoms with Crippen LogP contribution in [0.15, 0.2) is 54.6 Å². The Morgan fingerprint density at radius 1 is 1.15 bits per heavy atom. The van der Waals surface area contributed by atoms with E-state index in [0.29, 0.717) is 17.1 Å². The van der Waals surface area contributed by atoms with Gasteiger partial charge in [0.25, 0.3) is 5.91 Å². The molecule has 0 radical (unpaired) electrons. The molecular formula is C21H22N4O2. The van der Waals surface area contributed by atoms with Crippen LogP contribution in [-0.4, -0.2) is 28.1 Å². The number of hydrogen-bond acceptors (Lipinski definition) is 4. The number of benzene rings is 2. The number of anilines is 1. The molecule has 1 aromatic heterocycles. The van der Waals surface area contributed by atoms with Crippen molar-refractivity contribution in [1.29, 1.82) is 0 Å². The van der Waals surface area contributed by atoms with E-state index >= 15 is 0 Å². The molecule has 138 valence electrons. The lowest BCUT2D eigenvalue weighted by Gasteiger charge is -2.24. The molecule has 4 rings (SSSR count). The number of carbonyl (C=O) groups excluding carboxylic acids is 1. The molecule has 2 N–H and O–H groups in total. The number of H-pyrrole nitrogens is 1. The zero-order valence-corrected chi connectivity index (χ0v) is 15.4. The Hall–Kier alpha value is -3.12. The van der Waals surface area contributed by atoms with E-state index in [0.717, 1.165) is 24.3 Å². The maximum absolute atomic E-state index is 12.7. The molecule has 0 spiro atoms. The Morgan fingerprint density at radius 3 is 2.67 bits per heavy atom. The van der Waals surface area contributed by atoms with Crippen molar-refractivity contribution < 1.29 is 9.53 Å². The molecule has 2 heterocycles. The number of methoxy groups -OCH3 is 1. The lowest BCUT2D eigenvalue weighted by molar-refractivity contribution is 0.102. The van der Waals surface area contributed by atoms with Gasteiger partial charge in [-0.1, -0.05) is 42.5 Å². The van der Waals surface area contributed by atoms with Crippen molar-refractivity contribution in [3.05, 3.63) is 77.0 Å². The number of rotatable bonds is 5. The van der Waals surface area contributed by atoms with E-state index < -0.39 is 0 Å². The van der Waals surface area contributed by atoms with Crippen LogP contribution in [0.5, 0.6) is 5.75 Å². The van der Waals surface area contributed by atoms with E-state index in [2.05, 4.69) is 51.6 Å². The van der Waals surface area contributed by atoms with Gasteiger partial charge in [0.2, 0.25) is 0 Å². The van der Waals surface area contributed by atoms with Crippen molar-refractivity contribution in [2.24, 2.45) is 0 Å². The SMILES string of the molecule is COc1ccccc1C(=O)Nc1n[nH]c2c1CN(C(C)c1ccccc1)C2. The average Bonchev–Trinajstić information content (AvgIpc) is 3.30. The quantitative estimate of drug-likeness (QED) is 0.725. The van der Waals surface area contributed by atoms with Crippen LogP contribution < -0.4 is 10.1 Å². The van der Waals surface area contributed by atoms with E-state index in [1.165, 1.54) is 5.56 Å². The van der Waals surface area contributed by atoms with Crippen molar-refractivity contribution in [3.8, 4) is 5.75 Å². The summed E-state index contributed by atoms with van der Waals surface area (Å²) < 4.78 is 5.28. The fraction of sp³-hybridized carbons (Fsp3) is 0.238. The lowest BCUT2D eigenvalue weighted by atomic mass is 10.1. The Labute approximate surface area is 158 Å². The first kappa shape index (κ1) is 17.3. The fourth-order valence-corrected chi connectivity index (χ4v) is 3.49. The number of fused-ring (bicyclic) bond motifs is 1. The highest BCUT2D eigenvalue weighted by molar-refractivity contribution is 6.06. The highest BCUT2D eigenvalue weighted by atomic mass is 16.5. The van der Waals surface area contributed by atoms with Gasteiger partial charge in [0, 0.05) is 24.7 Å². The second-order valence-corrected chi connectivity index (χ2v) is 6.68. The third-order valence-corrected chi connectivity index (χ3v) is 5.09. The Bertz CT molecular complexity index is 952. The van der Waals surface area contributed by atoms with E-state index in [-0.39, 0.29) is 11.9 Å². The van der Waals surface area contributed by atoms with E-state index in [9.17, 15) is 4.79 Å². The number of amides is 1. The van der Waals surface area contributed by atoms with Crippen molar-refractivity contribution in [3.63, 3.8) is 0 Å². The highest BCUT2D eigenvalue weighted by Gasteiger charge is 2.29. The maximum atomic E-state index is 12.7. The number of nitrogens with zero attached hydrogens (tertiary/aromatic N) is 2. The second kappa shape index (κ2) is 7.25. The molecule has 3 aromatic rings. The topological polar surface area (TPSA) is 70.2 Å². The molecule has 6 heteroatoms. The molecule has 0 saturated heterocycles. The number of aromatic nitrogens is 2.